The summed E-state index contributed by atoms with van der Waals surface area (Å²) in [7, 11) is 0. The van der Waals surface area contributed by atoms with E-state index in [1.165, 1.54) is 0 Å². The number of unbranched alkanes of at least 4 members (excludes halogenated alkanes) is 2. The molecule has 23 heteroatoms. The van der Waals surface area contributed by atoms with Crippen LogP contribution in [0, 0.1) is 88.4 Å². The topological polar surface area (TPSA) is 27.7 Å². The maximum absolute atomic E-state index is 14.6. The van der Waals surface area contributed by atoms with Crippen LogP contribution in [-0.2, 0) is 37.6 Å². The summed E-state index contributed by atoms with van der Waals surface area (Å²) in [5.41, 5.74) is -1.07. The van der Waals surface area contributed by atoms with Gasteiger partial charge >= 0.3 is 18.3 Å². The van der Waals surface area contributed by atoms with Gasteiger partial charge in [-0.15, -0.1) is 0 Å². The minimum absolute atomic E-state index is 0.0149. The molecule has 0 spiro atoms. The molecule has 0 heterocycles. The average molecular weight is 1300 g/mol. The molecule has 9 rings (SSSR count). The van der Waals surface area contributed by atoms with Crippen molar-refractivity contribution in [3.63, 3.8) is 0 Å². The fourth-order valence-corrected chi connectivity index (χ4v) is 9.04. The van der Waals surface area contributed by atoms with Crippen LogP contribution in [0.25, 0.3) is 33.4 Å². The van der Waals surface area contributed by atoms with Crippen molar-refractivity contribution in [1.29, 1.82) is 0 Å². The highest BCUT2D eigenvalue weighted by Crippen LogP contribution is 2.42. The second-order valence-electron chi connectivity index (χ2n) is 20.4. The van der Waals surface area contributed by atoms with E-state index >= 15 is 0 Å². The quantitative estimate of drug-likeness (QED) is 0.0459. The van der Waals surface area contributed by atoms with Crippen molar-refractivity contribution in [2.24, 2.45) is 0 Å². The van der Waals surface area contributed by atoms with Crippen LogP contribution in [0.1, 0.15) is 85.4 Å². The molecule has 480 valence electrons. The lowest BCUT2D eigenvalue weighted by Gasteiger charge is -2.20. The summed E-state index contributed by atoms with van der Waals surface area (Å²) < 4.78 is 291. The number of rotatable bonds is 19. The molecule has 0 aliphatic carbocycles. The average Bonchev–Trinajstić information content (AvgIpc) is 0.848. The Kier molecular flexibility index (Phi) is 22.4. The van der Waals surface area contributed by atoms with Crippen LogP contribution in [0.2, 0.25) is 0 Å². The molecule has 0 amide bonds. The fourth-order valence-electron chi connectivity index (χ4n) is 9.04. The van der Waals surface area contributed by atoms with Crippen molar-refractivity contribution in [1.82, 2.24) is 0 Å². The first-order valence-electron chi connectivity index (χ1n) is 27.6. The molecule has 9 aromatic carbocycles. The Hall–Kier alpha value is -9.02. The predicted octanol–water partition coefficient (Wildman–Crippen LogP) is 21.9. The van der Waals surface area contributed by atoms with Crippen LogP contribution in [0.15, 0.2) is 146 Å². The van der Waals surface area contributed by atoms with E-state index in [4.69, 9.17) is 0 Å². The van der Waals surface area contributed by atoms with Crippen LogP contribution >= 0.6 is 0 Å². The van der Waals surface area contributed by atoms with Gasteiger partial charge in [0.1, 0.15) is 80.5 Å². The second kappa shape index (κ2) is 29.3. The molecule has 0 aliphatic rings. The van der Waals surface area contributed by atoms with Gasteiger partial charge in [0, 0.05) is 42.0 Å². The molecular weight excluding hydrogens is 1240 g/mol. The number of aryl methyl sites for hydroxylation is 3. The first-order valence-corrected chi connectivity index (χ1v) is 27.6. The highest BCUT2D eigenvalue weighted by atomic mass is 19.3. The first kappa shape index (κ1) is 69.5. The molecule has 91 heavy (non-hydrogen) atoms. The lowest BCUT2D eigenvalue weighted by molar-refractivity contribution is -0.190. The van der Waals surface area contributed by atoms with Crippen molar-refractivity contribution < 1.29 is 102 Å². The Bertz CT molecular complexity index is 3880. The summed E-state index contributed by atoms with van der Waals surface area (Å²) in [6.07, 6.45) is -7.17. The monoisotopic (exact) mass is 1290 g/mol. The Balaban J connectivity index is 0.000000194. The van der Waals surface area contributed by atoms with Crippen LogP contribution in [0.3, 0.4) is 0 Å². The number of hydrogen-bond acceptors (Lipinski definition) is 3. The molecule has 0 unspecified atom stereocenters. The van der Waals surface area contributed by atoms with Crippen LogP contribution in [0.5, 0.6) is 17.2 Å². The highest BCUT2D eigenvalue weighted by molar-refractivity contribution is 5.67. The van der Waals surface area contributed by atoms with Crippen molar-refractivity contribution in [3.05, 3.63) is 266 Å². The summed E-state index contributed by atoms with van der Waals surface area (Å²) in [5.74, 6) is -25.9. The van der Waals surface area contributed by atoms with Crippen molar-refractivity contribution in [2.75, 3.05) is 0 Å². The van der Waals surface area contributed by atoms with E-state index in [0.717, 1.165) is 80.7 Å². The summed E-state index contributed by atoms with van der Waals surface area (Å²) in [6, 6.07) is 26.4. The molecule has 0 aliphatic heterocycles. The second-order valence-corrected chi connectivity index (χ2v) is 20.4. The van der Waals surface area contributed by atoms with E-state index in [1.54, 1.807) is 60.7 Å². The largest absolute Gasteiger partial charge is 0.432 e. The molecule has 0 atom stereocenters. The third-order valence-corrected chi connectivity index (χ3v) is 13.8. The maximum Gasteiger partial charge on any atom is 0.432 e. The van der Waals surface area contributed by atoms with Crippen molar-refractivity contribution >= 4 is 0 Å². The Morgan fingerprint density at radius 2 is 0.549 bits per heavy atom. The number of alkyl halides is 6. The van der Waals surface area contributed by atoms with E-state index in [0.29, 0.717) is 53.1 Å². The van der Waals surface area contributed by atoms with Gasteiger partial charge in [0.15, 0.2) is 34.9 Å². The molecule has 0 bridgehead atoms. The summed E-state index contributed by atoms with van der Waals surface area (Å²) in [6.45, 7) is 7.13. The molecule has 3 nitrogen and oxygen atoms in total. The lowest BCUT2D eigenvalue weighted by Crippen LogP contribution is -2.25. The normalized spacial score (nSPS) is 11.6. The Morgan fingerprint density at radius 1 is 0.286 bits per heavy atom. The third kappa shape index (κ3) is 17.1. The minimum Gasteiger partial charge on any atom is -0.429 e. The van der Waals surface area contributed by atoms with Gasteiger partial charge in [-0.2, -0.15) is 26.3 Å². The van der Waals surface area contributed by atoms with Gasteiger partial charge in [0.2, 0.25) is 0 Å². The van der Waals surface area contributed by atoms with Crippen molar-refractivity contribution in [3.8, 4) is 50.6 Å². The minimum atomic E-state index is -4.62. The molecular formula is C68H50F20O3. The van der Waals surface area contributed by atoms with E-state index < -0.39 is 139 Å². The van der Waals surface area contributed by atoms with E-state index in [-0.39, 0.29) is 41.0 Å². The number of hydrogen-bond donors (Lipinski definition) is 0. The van der Waals surface area contributed by atoms with Crippen LogP contribution in [-0.4, -0.2) is 0 Å². The van der Waals surface area contributed by atoms with Gasteiger partial charge in [0.05, 0.1) is 0 Å². The van der Waals surface area contributed by atoms with Crippen LogP contribution in [0.4, 0.5) is 87.8 Å². The van der Waals surface area contributed by atoms with Gasteiger partial charge in [-0.25, -0.2) is 61.5 Å². The molecule has 9 aromatic rings. The first-order chi connectivity index (χ1) is 42.9. The van der Waals surface area contributed by atoms with Gasteiger partial charge in [0.25, 0.3) is 0 Å². The van der Waals surface area contributed by atoms with Gasteiger partial charge < -0.3 is 14.2 Å². The predicted molar refractivity (Wildman–Crippen MR) is 299 cm³/mol. The Labute approximate surface area is 508 Å². The summed E-state index contributed by atoms with van der Waals surface area (Å²) in [5, 5.41) is 0. The van der Waals surface area contributed by atoms with Crippen molar-refractivity contribution in [2.45, 2.75) is 91.0 Å². The fraction of sp³-hybridized carbons (Fsp3) is 0.206. The zero-order valence-corrected chi connectivity index (χ0v) is 48.1. The molecule has 0 saturated carbocycles. The highest BCUT2D eigenvalue weighted by Gasteiger charge is 2.44. The smallest absolute Gasteiger partial charge is 0.429 e. The zero-order valence-electron chi connectivity index (χ0n) is 48.1. The van der Waals surface area contributed by atoms with Gasteiger partial charge in [-0.3, -0.25) is 0 Å². The van der Waals surface area contributed by atoms with Gasteiger partial charge in [-0.1, -0.05) is 113 Å². The molecule has 0 aromatic heterocycles. The Morgan fingerprint density at radius 3 is 0.813 bits per heavy atom. The maximum atomic E-state index is 14.6. The zero-order chi connectivity index (χ0) is 66.9. The van der Waals surface area contributed by atoms with E-state index in [1.807, 2.05) is 26.0 Å². The molecule has 0 N–H and O–H groups in total. The van der Waals surface area contributed by atoms with E-state index in [2.05, 4.69) is 21.1 Å². The van der Waals surface area contributed by atoms with E-state index in [9.17, 15) is 87.8 Å². The van der Waals surface area contributed by atoms with Gasteiger partial charge in [-0.05, 0) is 119 Å². The number of ether oxygens (including phenoxy) is 3. The van der Waals surface area contributed by atoms with Crippen LogP contribution < -0.4 is 14.2 Å². The number of halogens is 20. The SMILES string of the molecule is CCCCCc1ccc(-c2cc(F)c(C(F)(F)Oc3cc(F)c(C)c(F)c3)c(F)c2)cc1.CCCc1ccc(-c2cc(F)c(C(F)(F)Oc3cc(F)c(F)c(F)c3)c(F)c2)cc1.CCc1ccc(-c2cc(F)c(C(F)(F)Oc3cc(F)c(F)c(F)c3)c(F)c2)cc1. The molecule has 0 fully saturated rings. The number of benzene rings is 9. The third-order valence-electron chi connectivity index (χ3n) is 13.8. The molecule has 0 saturated heterocycles. The standard InChI is InChI=1S/C25H22F6O.C22H15F7O.C21H13F7O/c1-3-4-5-6-16-7-9-17(10-8-16)18-11-22(28)24(23(29)12-18)25(30,31)32-19-13-20(26)15(2)21(27)14-19;1-2-3-12-4-6-13(7-5-12)14-8-16(23)20(17(24)9-14)22(28,29)30-15-10-18(25)21(27)19(26)11-15;1-2-11-3-5-12(6-4-11)13-7-15(22)19(16(23)8-13)21(27,28)29-14-9-17(24)20(26)18(25)10-14/h7-14H,3-6H2,1-2H3;4-11H,2-3H2,1H3;3-10H,2H2,1H3. The summed E-state index contributed by atoms with van der Waals surface area (Å²) in [4.78, 5) is 0. The molecule has 0 radical (unpaired) electrons. The lowest BCUT2D eigenvalue weighted by atomic mass is 9.99. The summed E-state index contributed by atoms with van der Waals surface area (Å²) >= 11 is 0.